The Labute approximate surface area is 102 Å². The van der Waals surface area contributed by atoms with Crippen molar-refractivity contribution in [3.8, 4) is 12.3 Å². The minimum absolute atomic E-state index is 0.150. The van der Waals surface area contributed by atoms with Crippen LogP contribution in [0.1, 0.15) is 15.2 Å². The largest absolute Gasteiger partial charge is 0.288 e. The van der Waals surface area contributed by atoms with Gasteiger partial charge in [-0.05, 0) is 0 Å². The lowest BCUT2D eigenvalue weighted by molar-refractivity contribution is 0.104. The van der Waals surface area contributed by atoms with E-state index in [1.165, 1.54) is 10.0 Å². The average molecular weight is 243 g/mol. The number of aromatic nitrogens is 1. The van der Waals surface area contributed by atoms with Crippen molar-refractivity contribution in [2.75, 3.05) is 0 Å². The summed E-state index contributed by atoms with van der Waals surface area (Å²) < 4.78 is 1.39. The van der Waals surface area contributed by atoms with E-state index in [9.17, 15) is 9.59 Å². The quantitative estimate of drug-likeness (QED) is 0.609. The van der Waals surface area contributed by atoms with Crippen molar-refractivity contribution in [2.24, 2.45) is 0 Å². The van der Waals surface area contributed by atoms with Crippen LogP contribution in [0.5, 0.6) is 0 Å². The molecular weight excluding hydrogens is 234 g/mol. The predicted molar refractivity (Wildman–Crippen MR) is 67.3 cm³/mol. The van der Waals surface area contributed by atoms with Gasteiger partial charge in [0.15, 0.2) is 0 Å². The summed E-state index contributed by atoms with van der Waals surface area (Å²) >= 11 is 1.10. The van der Waals surface area contributed by atoms with Crippen molar-refractivity contribution >= 4 is 17.3 Å². The van der Waals surface area contributed by atoms with Gasteiger partial charge in [-0.25, -0.2) is 0 Å². The van der Waals surface area contributed by atoms with Crippen LogP contribution in [-0.2, 0) is 6.54 Å². The number of hydrogen-bond donors (Lipinski definition) is 0. The van der Waals surface area contributed by atoms with Crippen LogP contribution in [0.15, 0.2) is 41.2 Å². The maximum atomic E-state index is 12.0. The van der Waals surface area contributed by atoms with Gasteiger partial charge in [0.25, 0.3) is 5.56 Å². The summed E-state index contributed by atoms with van der Waals surface area (Å²) in [5.74, 6) is 2.23. The molecular formula is C13H9NO2S. The first kappa shape index (κ1) is 11.4. The molecule has 1 aromatic heterocycles. The molecule has 0 saturated heterocycles. The predicted octanol–water partition coefficient (Wildman–Crippen LogP) is 1.77. The highest BCUT2D eigenvalue weighted by Crippen LogP contribution is 2.12. The van der Waals surface area contributed by atoms with E-state index in [-0.39, 0.29) is 17.9 Å². The second-order valence-electron chi connectivity index (χ2n) is 3.37. The molecule has 0 aliphatic rings. The highest BCUT2D eigenvalue weighted by atomic mass is 32.1. The third-order valence-corrected chi connectivity index (χ3v) is 3.23. The Balaban J connectivity index is 2.36. The van der Waals surface area contributed by atoms with Crippen LogP contribution >= 0.6 is 11.5 Å². The number of carbonyl (C=O) groups is 1. The third-order valence-electron chi connectivity index (χ3n) is 2.20. The van der Waals surface area contributed by atoms with Gasteiger partial charge in [0, 0.05) is 11.6 Å². The topological polar surface area (TPSA) is 39.1 Å². The van der Waals surface area contributed by atoms with Gasteiger partial charge in [-0.15, -0.1) is 6.42 Å². The normalized spacial score (nSPS) is 9.82. The lowest BCUT2D eigenvalue weighted by atomic mass is 10.1. The second kappa shape index (κ2) is 4.81. The molecule has 0 unspecified atom stereocenters. The fourth-order valence-corrected chi connectivity index (χ4v) is 2.28. The fraction of sp³-hybridized carbons (Fsp3) is 0.0769. The molecule has 1 heterocycles. The first-order chi connectivity index (χ1) is 8.22. The summed E-state index contributed by atoms with van der Waals surface area (Å²) in [6.07, 6.45) is 5.14. The van der Waals surface area contributed by atoms with E-state index in [4.69, 9.17) is 6.42 Å². The van der Waals surface area contributed by atoms with Gasteiger partial charge < -0.3 is 0 Å². The van der Waals surface area contributed by atoms with Crippen molar-refractivity contribution < 1.29 is 4.79 Å². The first-order valence-corrected chi connectivity index (χ1v) is 5.74. The molecule has 0 aliphatic heterocycles. The summed E-state index contributed by atoms with van der Waals surface area (Å²) in [4.78, 5) is 23.9. The lowest BCUT2D eigenvalue weighted by Crippen LogP contribution is -2.10. The summed E-state index contributed by atoms with van der Waals surface area (Å²) in [7, 11) is 0. The molecule has 0 aliphatic carbocycles. The molecule has 2 rings (SSSR count). The van der Waals surface area contributed by atoms with Gasteiger partial charge in [0.1, 0.15) is 0 Å². The molecule has 0 amide bonds. The standard InChI is InChI=1S/C13H9NO2S/c1-2-8-14-12(15)9-11(17-14)13(16)10-6-4-3-5-7-10/h1,3-7,9H,8H2. The number of ketones is 1. The van der Waals surface area contributed by atoms with E-state index < -0.39 is 0 Å². The van der Waals surface area contributed by atoms with Crippen molar-refractivity contribution in [2.45, 2.75) is 6.54 Å². The molecule has 4 heteroatoms. The van der Waals surface area contributed by atoms with E-state index in [0.717, 1.165) is 11.5 Å². The number of carbonyl (C=O) groups excluding carboxylic acids is 1. The van der Waals surface area contributed by atoms with E-state index in [1.54, 1.807) is 24.3 Å². The van der Waals surface area contributed by atoms with E-state index in [1.807, 2.05) is 6.07 Å². The molecule has 17 heavy (non-hydrogen) atoms. The Kier molecular flexibility index (Phi) is 3.22. The van der Waals surface area contributed by atoms with Crippen LogP contribution in [-0.4, -0.2) is 9.74 Å². The van der Waals surface area contributed by atoms with Crippen molar-refractivity contribution in [3.63, 3.8) is 0 Å². The SMILES string of the molecule is C#CCn1sc(C(=O)c2ccccc2)cc1=O. The van der Waals surface area contributed by atoms with Crippen molar-refractivity contribution in [1.29, 1.82) is 0 Å². The molecule has 0 N–H and O–H groups in total. The molecule has 84 valence electrons. The number of nitrogens with zero attached hydrogens (tertiary/aromatic N) is 1. The minimum Gasteiger partial charge on any atom is -0.288 e. The molecule has 2 aromatic rings. The molecule has 1 aromatic carbocycles. The highest BCUT2D eigenvalue weighted by Gasteiger charge is 2.13. The van der Waals surface area contributed by atoms with Crippen LogP contribution in [0.3, 0.4) is 0 Å². The Bertz CT molecular complexity index is 631. The van der Waals surface area contributed by atoms with Gasteiger partial charge in [0.2, 0.25) is 5.78 Å². The monoisotopic (exact) mass is 243 g/mol. The van der Waals surface area contributed by atoms with Crippen LogP contribution in [0.4, 0.5) is 0 Å². The Morgan fingerprint density at radius 2 is 2.06 bits per heavy atom. The fourth-order valence-electron chi connectivity index (χ4n) is 1.41. The summed E-state index contributed by atoms with van der Waals surface area (Å²) in [5.41, 5.74) is 0.342. The number of benzene rings is 1. The molecule has 0 radical (unpaired) electrons. The number of terminal acetylenes is 1. The number of rotatable bonds is 3. The van der Waals surface area contributed by atoms with Crippen molar-refractivity contribution in [1.82, 2.24) is 3.96 Å². The molecule has 0 bridgehead atoms. The second-order valence-corrected chi connectivity index (χ2v) is 4.44. The van der Waals surface area contributed by atoms with Gasteiger partial charge in [-0.2, -0.15) is 0 Å². The maximum absolute atomic E-state index is 12.0. The molecule has 0 atom stereocenters. The third kappa shape index (κ3) is 2.35. The van der Waals surface area contributed by atoms with Crippen LogP contribution < -0.4 is 5.56 Å². The van der Waals surface area contributed by atoms with Crippen LogP contribution in [0.25, 0.3) is 0 Å². The zero-order valence-corrected chi connectivity index (χ0v) is 9.74. The average Bonchev–Trinajstić information content (AvgIpc) is 2.72. The number of hydrogen-bond acceptors (Lipinski definition) is 3. The minimum atomic E-state index is -0.229. The maximum Gasteiger partial charge on any atom is 0.262 e. The molecule has 0 spiro atoms. The Hall–Kier alpha value is -2.12. The van der Waals surface area contributed by atoms with Crippen LogP contribution in [0, 0.1) is 12.3 Å². The molecule has 3 nitrogen and oxygen atoms in total. The molecule has 0 fully saturated rings. The van der Waals surface area contributed by atoms with E-state index >= 15 is 0 Å². The first-order valence-electron chi connectivity index (χ1n) is 4.97. The summed E-state index contributed by atoms with van der Waals surface area (Å²) in [6.45, 7) is 0.200. The lowest BCUT2D eigenvalue weighted by Gasteiger charge is -1.96. The van der Waals surface area contributed by atoms with Gasteiger partial charge in [-0.3, -0.25) is 13.5 Å². The zero-order valence-electron chi connectivity index (χ0n) is 8.92. The van der Waals surface area contributed by atoms with Gasteiger partial charge in [0.05, 0.1) is 11.4 Å². The van der Waals surface area contributed by atoms with Gasteiger partial charge >= 0.3 is 0 Å². The van der Waals surface area contributed by atoms with Crippen LogP contribution in [0.2, 0.25) is 0 Å². The highest BCUT2D eigenvalue weighted by molar-refractivity contribution is 7.08. The summed E-state index contributed by atoms with van der Waals surface area (Å²) in [5, 5.41) is 0. The Morgan fingerprint density at radius 3 is 2.71 bits per heavy atom. The zero-order chi connectivity index (χ0) is 12.3. The summed E-state index contributed by atoms with van der Waals surface area (Å²) in [6, 6.07) is 10.2. The smallest absolute Gasteiger partial charge is 0.262 e. The van der Waals surface area contributed by atoms with Crippen molar-refractivity contribution in [3.05, 3.63) is 57.2 Å². The van der Waals surface area contributed by atoms with Gasteiger partial charge in [-0.1, -0.05) is 47.8 Å². The van der Waals surface area contributed by atoms with E-state index in [2.05, 4.69) is 5.92 Å². The molecule has 0 saturated carbocycles. The van der Waals surface area contributed by atoms with E-state index in [0.29, 0.717) is 10.4 Å². The Morgan fingerprint density at radius 1 is 1.35 bits per heavy atom.